The second kappa shape index (κ2) is 6.52. The lowest BCUT2D eigenvalue weighted by Gasteiger charge is -2.06. The van der Waals surface area contributed by atoms with Crippen molar-refractivity contribution in [2.24, 2.45) is 0 Å². The number of carbonyl (C=O) groups excluding carboxylic acids is 1. The minimum absolute atomic E-state index is 0.339. The highest BCUT2D eigenvalue weighted by Crippen LogP contribution is 2.25. The molecule has 0 aliphatic rings. The topological polar surface area (TPSA) is 38.3 Å². The molecule has 0 aliphatic heterocycles. The van der Waals surface area contributed by atoms with Crippen molar-refractivity contribution in [2.75, 3.05) is 19.0 Å². The van der Waals surface area contributed by atoms with Crippen LogP contribution >= 0.6 is 23.2 Å². The number of carbonyl (C=O) groups is 1. The number of hydrogen-bond donors (Lipinski definition) is 1. The van der Waals surface area contributed by atoms with Crippen molar-refractivity contribution in [1.82, 2.24) is 0 Å². The van der Waals surface area contributed by atoms with Crippen molar-refractivity contribution in [1.29, 1.82) is 0 Å². The molecule has 92 valence electrons. The first-order valence-electron chi connectivity index (χ1n) is 4.98. The van der Waals surface area contributed by atoms with Crippen LogP contribution in [0.1, 0.15) is 6.92 Å². The third kappa shape index (κ3) is 4.29. The van der Waals surface area contributed by atoms with Crippen LogP contribution in [0.15, 0.2) is 29.8 Å². The summed E-state index contributed by atoms with van der Waals surface area (Å²) in [4.78, 5) is 11.1. The van der Waals surface area contributed by atoms with E-state index in [-0.39, 0.29) is 5.97 Å². The molecule has 0 spiro atoms. The van der Waals surface area contributed by atoms with Gasteiger partial charge in [0.1, 0.15) is 0 Å². The fraction of sp³-hybridized carbons (Fsp3) is 0.250. The average molecular weight is 274 g/mol. The lowest BCUT2D eigenvalue weighted by atomic mass is 10.2. The molecule has 0 fully saturated rings. The first kappa shape index (κ1) is 13.9. The summed E-state index contributed by atoms with van der Waals surface area (Å²) in [7, 11) is 1.35. The van der Waals surface area contributed by atoms with Gasteiger partial charge < -0.3 is 10.1 Å². The van der Waals surface area contributed by atoms with E-state index in [1.807, 2.05) is 0 Å². The minimum atomic E-state index is -0.339. The fourth-order valence-corrected chi connectivity index (χ4v) is 1.67. The van der Waals surface area contributed by atoms with Crippen LogP contribution < -0.4 is 5.32 Å². The summed E-state index contributed by atoms with van der Waals surface area (Å²) in [5, 5.41) is 4.20. The molecular formula is C12H13Cl2NO2. The van der Waals surface area contributed by atoms with Gasteiger partial charge in [0.25, 0.3) is 0 Å². The maximum atomic E-state index is 11.1. The quantitative estimate of drug-likeness (QED) is 0.674. The number of halogens is 2. The Morgan fingerprint density at radius 3 is 2.76 bits per heavy atom. The van der Waals surface area contributed by atoms with E-state index in [1.165, 1.54) is 7.11 Å². The smallest absolute Gasteiger partial charge is 0.333 e. The lowest BCUT2D eigenvalue weighted by Crippen LogP contribution is -2.05. The van der Waals surface area contributed by atoms with Gasteiger partial charge in [0.15, 0.2) is 0 Å². The van der Waals surface area contributed by atoms with E-state index in [0.29, 0.717) is 22.2 Å². The molecule has 0 heterocycles. The summed E-state index contributed by atoms with van der Waals surface area (Å²) < 4.78 is 4.58. The number of anilines is 1. The molecule has 1 aromatic carbocycles. The Morgan fingerprint density at radius 2 is 2.18 bits per heavy atom. The Hall–Kier alpha value is -1.19. The molecule has 0 saturated carbocycles. The number of methoxy groups -OCH3 is 1. The molecule has 1 rings (SSSR count). The first-order chi connectivity index (χ1) is 8.04. The monoisotopic (exact) mass is 273 g/mol. The molecule has 0 unspecified atom stereocenters. The fourth-order valence-electron chi connectivity index (χ4n) is 1.19. The van der Waals surface area contributed by atoms with E-state index in [2.05, 4.69) is 10.1 Å². The van der Waals surface area contributed by atoms with E-state index < -0.39 is 0 Å². The highest BCUT2D eigenvalue weighted by Gasteiger charge is 2.02. The summed E-state index contributed by atoms with van der Waals surface area (Å²) in [5.74, 6) is -0.339. The Morgan fingerprint density at radius 1 is 1.47 bits per heavy atom. The maximum Gasteiger partial charge on any atom is 0.333 e. The summed E-state index contributed by atoms with van der Waals surface area (Å²) >= 11 is 11.8. The zero-order valence-corrected chi connectivity index (χ0v) is 11.1. The molecule has 0 radical (unpaired) electrons. The summed E-state index contributed by atoms with van der Waals surface area (Å²) in [6.07, 6.45) is 1.73. The highest BCUT2D eigenvalue weighted by molar-refractivity contribution is 6.36. The first-order valence-corrected chi connectivity index (χ1v) is 5.74. The van der Waals surface area contributed by atoms with E-state index >= 15 is 0 Å². The second-order valence-corrected chi connectivity index (χ2v) is 4.23. The van der Waals surface area contributed by atoms with Crippen molar-refractivity contribution in [2.45, 2.75) is 6.92 Å². The summed E-state index contributed by atoms with van der Waals surface area (Å²) in [6.45, 7) is 2.18. The predicted molar refractivity (Wildman–Crippen MR) is 70.7 cm³/mol. The standard InChI is InChI=1S/C12H13Cl2NO2/c1-8(12(16)17-2)5-6-15-11-4-3-9(13)7-10(11)14/h3-5,7,15H,6H2,1-2H3/b8-5+. The zero-order valence-electron chi connectivity index (χ0n) is 9.59. The molecule has 1 N–H and O–H groups in total. The van der Waals surface area contributed by atoms with Crippen LogP contribution in [0.5, 0.6) is 0 Å². The Balaban J connectivity index is 2.59. The molecule has 0 aromatic heterocycles. The Labute approximate surface area is 110 Å². The summed E-state index contributed by atoms with van der Waals surface area (Å²) in [5.41, 5.74) is 1.31. The number of benzene rings is 1. The van der Waals surface area contributed by atoms with Crippen molar-refractivity contribution < 1.29 is 9.53 Å². The van der Waals surface area contributed by atoms with E-state index in [1.54, 1.807) is 31.2 Å². The molecule has 0 bridgehead atoms. The molecule has 17 heavy (non-hydrogen) atoms. The molecule has 1 aromatic rings. The zero-order chi connectivity index (χ0) is 12.8. The van der Waals surface area contributed by atoms with Crippen LogP contribution in [-0.2, 0) is 9.53 Å². The van der Waals surface area contributed by atoms with Gasteiger partial charge in [-0.3, -0.25) is 0 Å². The van der Waals surface area contributed by atoms with Gasteiger partial charge in [-0.15, -0.1) is 0 Å². The SMILES string of the molecule is COC(=O)/C(C)=C/CNc1ccc(Cl)cc1Cl. The van der Waals surface area contributed by atoms with Gasteiger partial charge in [-0.2, -0.15) is 0 Å². The molecule has 0 amide bonds. The molecule has 0 atom stereocenters. The number of nitrogens with one attached hydrogen (secondary N) is 1. The predicted octanol–water partition coefficient (Wildman–Crippen LogP) is 3.52. The van der Waals surface area contributed by atoms with Crippen LogP contribution in [0, 0.1) is 0 Å². The molecule has 0 aliphatic carbocycles. The molecular weight excluding hydrogens is 261 g/mol. The Kier molecular flexibility index (Phi) is 5.32. The Bertz CT molecular complexity index is 444. The van der Waals surface area contributed by atoms with Crippen LogP contribution in [0.25, 0.3) is 0 Å². The number of rotatable bonds is 4. The maximum absolute atomic E-state index is 11.1. The van der Waals surface area contributed by atoms with Gasteiger partial charge >= 0.3 is 5.97 Å². The van der Waals surface area contributed by atoms with Crippen LogP contribution in [0.2, 0.25) is 10.0 Å². The van der Waals surface area contributed by atoms with E-state index in [0.717, 1.165) is 5.69 Å². The van der Waals surface area contributed by atoms with E-state index in [4.69, 9.17) is 23.2 Å². The van der Waals surface area contributed by atoms with E-state index in [9.17, 15) is 4.79 Å². The molecule has 5 heteroatoms. The third-order valence-corrected chi connectivity index (χ3v) is 2.69. The minimum Gasteiger partial charge on any atom is -0.466 e. The number of hydrogen-bond acceptors (Lipinski definition) is 3. The third-order valence-electron chi connectivity index (χ3n) is 2.14. The van der Waals surface area contributed by atoms with Crippen LogP contribution in [0.3, 0.4) is 0 Å². The van der Waals surface area contributed by atoms with Crippen LogP contribution in [-0.4, -0.2) is 19.6 Å². The average Bonchev–Trinajstić information content (AvgIpc) is 2.30. The van der Waals surface area contributed by atoms with Crippen molar-refractivity contribution in [3.63, 3.8) is 0 Å². The van der Waals surface area contributed by atoms with Crippen molar-refractivity contribution >= 4 is 34.9 Å². The van der Waals surface area contributed by atoms with Gasteiger partial charge in [-0.05, 0) is 25.1 Å². The van der Waals surface area contributed by atoms with Gasteiger partial charge in [0.2, 0.25) is 0 Å². The lowest BCUT2D eigenvalue weighted by molar-refractivity contribution is -0.136. The van der Waals surface area contributed by atoms with Gasteiger partial charge in [0, 0.05) is 17.1 Å². The second-order valence-electron chi connectivity index (χ2n) is 3.38. The number of ether oxygens (including phenoxy) is 1. The van der Waals surface area contributed by atoms with Gasteiger partial charge in [-0.25, -0.2) is 4.79 Å². The van der Waals surface area contributed by atoms with Gasteiger partial charge in [0.05, 0.1) is 17.8 Å². The van der Waals surface area contributed by atoms with Crippen molar-refractivity contribution in [3.05, 3.63) is 39.9 Å². The normalized spacial score (nSPS) is 11.2. The molecule has 0 saturated heterocycles. The van der Waals surface area contributed by atoms with Crippen LogP contribution in [0.4, 0.5) is 5.69 Å². The largest absolute Gasteiger partial charge is 0.466 e. The highest BCUT2D eigenvalue weighted by atomic mass is 35.5. The van der Waals surface area contributed by atoms with Crippen molar-refractivity contribution in [3.8, 4) is 0 Å². The number of esters is 1. The molecule has 3 nitrogen and oxygen atoms in total. The van der Waals surface area contributed by atoms with Gasteiger partial charge in [-0.1, -0.05) is 29.3 Å². The summed E-state index contributed by atoms with van der Waals surface area (Å²) in [6, 6.07) is 5.18.